The minimum atomic E-state index is -2.99. The summed E-state index contributed by atoms with van der Waals surface area (Å²) in [5.41, 5.74) is 0.0133. The molecule has 0 aliphatic carbocycles. The number of hydrogen-bond donors (Lipinski definition) is 0. The minimum Gasteiger partial charge on any atom is -0.434 e. The van der Waals surface area contributed by atoms with Crippen molar-refractivity contribution in [2.24, 2.45) is 0 Å². The van der Waals surface area contributed by atoms with Crippen LogP contribution in [0.5, 0.6) is 5.75 Å². The molecule has 1 rings (SSSR count). The van der Waals surface area contributed by atoms with Crippen molar-refractivity contribution in [3.8, 4) is 11.8 Å². The van der Waals surface area contributed by atoms with Gasteiger partial charge >= 0.3 is 6.61 Å². The molecule has 0 bridgehead atoms. The number of nitrogens with zero attached hydrogens (tertiary/aromatic N) is 1. The Bertz CT molecular complexity index is 373. The van der Waals surface area contributed by atoms with Crippen molar-refractivity contribution in [2.45, 2.75) is 19.5 Å². The second-order valence-corrected chi connectivity index (χ2v) is 2.75. The van der Waals surface area contributed by atoms with Crippen LogP contribution in [0.25, 0.3) is 0 Å². The number of benzene rings is 1. The van der Waals surface area contributed by atoms with Crippen LogP contribution in [0.1, 0.15) is 12.0 Å². The van der Waals surface area contributed by atoms with E-state index in [0.29, 0.717) is 0 Å². The molecule has 0 spiro atoms. The van der Waals surface area contributed by atoms with Gasteiger partial charge in [0.2, 0.25) is 0 Å². The van der Waals surface area contributed by atoms with Crippen LogP contribution in [0.15, 0.2) is 18.2 Å². The van der Waals surface area contributed by atoms with E-state index >= 15 is 0 Å². The molecule has 0 aliphatic rings. The lowest BCUT2D eigenvalue weighted by Gasteiger charge is -2.09. The van der Waals surface area contributed by atoms with E-state index < -0.39 is 12.4 Å². The maximum absolute atomic E-state index is 13.2. The summed E-state index contributed by atoms with van der Waals surface area (Å²) in [5, 5.41) is 8.33. The van der Waals surface area contributed by atoms with Gasteiger partial charge in [-0.2, -0.15) is 14.0 Å². The van der Waals surface area contributed by atoms with Crippen molar-refractivity contribution >= 4 is 0 Å². The summed E-state index contributed by atoms with van der Waals surface area (Å²) in [6.07, 6.45) is 0.117. The second-order valence-electron chi connectivity index (χ2n) is 2.75. The van der Waals surface area contributed by atoms with Gasteiger partial charge in [-0.3, -0.25) is 0 Å². The van der Waals surface area contributed by atoms with E-state index in [9.17, 15) is 13.2 Å². The van der Waals surface area contributed by atoms with Crippen LogP contribution in [0.3, 0.4) is 0 Å². The zero-order chi connectivity index (χ0) is 11.3. The highest BCUT2D eigenvalue weighted by molar-refractivity contribution is 5.35. The smallest absolute Gasteiger partial charge is 0.387 e. The molecule has 80 valence electrons. The van der Waals surface area contributed by atoms with Gasteiger partial charge in [-0.05, 0) is 18.6 Å². The Morgan fingerprint density at radius 1 is 1.40 bits per heavy atom. The number of hydrogen-bond acceptors (Lipinski definition) is 2. The van der Waals surface area contributed by atoms with Gasteiger partial charge in [-0.25, -0.2) is 4.39 Å². The number of ether oxygens (including phenoxy) is 1. The van der Waals surface area contributed by atoms with E-state index in [4.69, 9.17) is 5.26 Å². The van der Waals surface area contributed by atoms with E-state index in [0.717, 1.165) is 6.07 Å². The third-order valence-corrected chi connectivity index (χ3v) is 1.78. The summed E-state index contributed by atoms with van der Waals surface area (Å²) in [7, 11) is 0. The fraction of sp³-hybridized carbons (Fsp3) is 0.300. The summed E-state index contributed by atoms with van der Waals surface area (Å²) in [5.74, 6) is -0.844. The molecule has 0 radical (unpaired) electrons. The van der Waals surface area contributed by atoms with Crippen molar-refractivity contribution in [1.82, 2.24) is 0 Å². The van der Waals surface area contributed by atoms with Crippen LogP contribution >= 0.6 is 0 Å². The van der Waals surface area contributed by atoms with Gasteiger partial charge < -0.3 is 4.74 Å². The van der Waals surface area contributed by atoms with Gasteiger partial charge in [-0.15, -0.1) is 0 Å². The van der Waals surface area contributed by atoms with Gasteiger partial charge in [0.05, 0.1) is 6.07 Å². The SMILES string of the molecule is N#CCCc1c(F)cccc1OC(F)F. The third-order valence-electron chi connectivity index (χ3n) is 1.78. The van der Waals surface area contributed by atoms with Gasteiger partial charge in [0.15, 0.2) is 0 Å². The molecule has 15 heavy (non-hydrogen) atoms. The van der Waals surface area contributed by atoms with E-state index in [1.807, 2.05) is 6.07 Å². The Morgan fingerprint density at radius 2 is 2.13 bits per heavy atom. The maximum atomic E-state index is 13.2. The largest absolute Gasteiger partial charge is 0.434 e. The lowest BCUT2D eigenvalue weighted by molar-refractivity contribution is -0.0506. The Morgan fingerprint density at radius 3 is 2.73 bits per heavy atom. The Balaban J connectivity index is 2.93. The van der Waals surface area contributed by atoms with Crippen LogP contribution in [-0.2, 0) is 6.42 Å². The average Bonchev–Trinajstić information content (AvgIpc) is 2.16. The van der Waals surface area contributed by atoms with Crippen LogP contribution in [-0.4, -0.2) is 6.61 Å². The van der Waals surface area contributed by atoms with E-state index in [1.165, 1.54) is 12.1 Å². The van der Waals surface area contributed by atoms with Crippen LogP contribution < -0.4 is 4.74 Å². The van der Waals surface area contributed by atoms with E-state index in [-0.39, 0.29) is 24.2 Å². The van der Waals surface area contributed by atoms with Crippen molar-refractivity contribution in [3.05, 3.63) is 29.6 Å². The molecule has 5 heteroatoms. The highest BCUT2D eigenvalue weighted by atomic mass is 19.3. The first-order chi connectivity index (χ1) is 7.15. The fourth-order valence-electron chi connectivity index (χ4n) is 1.17. The molecular weight excluding hydrogens is 207 g/mol. The maximum Gasteiger partial charge on any atom is 0.387 e. The molecule has 0 heterocycles. The van der Waals surface area contributed by atoms with Crippen LogP contribution in [0.2, 0.25) is 0 Å². The van der Waals surface area contributed by atoms with Crippen molar-refractivity contribution in [2.75, 3.05) is 0 Å². The Hall–Kier alpha value is -1.70. The number of alkyl halides is 2. The van der Waals surface area contributed by atoms with Gasteiger partial charge in [0.25, 0.3) is 0 Å². The van der Waals surface area contributed by atoms with E-state index in [1.54, 1.807) is 0 Å². The van der Waals surface area contributed by atoms with Gasteiger partial charge in [0, 0.05) is 12.0 Å². The lowest BCUT2D eigenvalue weighted by Crippen LogP contribution is -2.05. The quantitative estimate of drug-likeness (QED) is 0.773. The molecule has 2 nitrogen and oxygen atoms in total. The van der Waals surface area contributed by atoms with E-state index in [2.05, 4.69) is 4.74 Å². The summed E-state index contributed by atoms with van der Waals surface area (Å²) in [6.45, 7) is -2.99. The summed E-state index contributed by atoms with van der Waals surface area (Å²) < 4.78 is 41.2. The van der Waals surface area contributed by atoms with Crippen LogP contribution in [0.4, 0.5) is 13.2 Å². The molecule has 1 aromatic carbocycles. The average molecular weight is 215 g/mol. The van der Waals surface area contributed by atoms with Gasteiger partial charge in [0.1, 0.15) is 11.6 Å². The van der Waals surface area contributed by atoms with Crippen molar-refractivity contribution in [3.63, 3.8) is 0 Å². The summed E-state index contributed by atoms with van der Waals surface area (Å²) in [4.78, 5) is 0. The third kappa shape index (κ3) is 3.17. The highest BCUT2D eigenvalue weighted by Gasteiger charge is 2.12. The highest BCUT2D eigenvalue weighted by Crippen LogP contribution is 2.24. The zero-order valence-electron chi connectivity index (χ0n) is 7.71. The standard InChI is InChI=1S/C10H8F3NO/c11-8-4-1-5-9(15-10(12)13)7(8)3-2-6-14/h1,4-5,10H,2-3H2. The predicted octanol–water partition coefficient (Wildman–Crippen LogP) is 2.88. The summed E-state index contributed by atoms with van der Waals surface area (Å²) >= 11 is 0. The second kappa shape index (κ2) is 5.25. The molecule has 0 saturated carbocycles. The molecule has 0 aliphatic heterocycles. The molecule has 0 atom stereocenters. The Kier molecular flexibility index (Phi) is 3.98. The molecule has 0 fully saturated rings. The molecule has 0 saturated heterocycles. The first-order valence-corrected chi connectivity index (χ1v) is 4.24. The molecule has 0 N–H and O–H groups in total. The first kappa shape index (κ1) is 11.4. The summed E-state index contributed by atoms with van der Waals surface area (Å²) in [6, 6.07) is 5.49. The zero-order valence-corrected chi connectivity index (χ0v) is 7.71. The van der Waals surface area contributed by atoms with Crippen molar-refractivity contribution < 1.29 is 17.9 Å². The van der Waals surface area contributed by atoms with Crippen LogP contribution in [0, 0.1) is 17.1 Å². The number of nitriles is 1. The predicted molar refractivity (Wildman–Crippen MR) is 47.0 cm³/mol. The molecule has 1 aromatic rings. The molecule has 0 unspecified atom stereocenters. The van der Waals surface area contributed by atoms with Gasteiger partial charge in [-0.1, -0.05) is 6.07 Å². The minimum absolute atomic E-state index is 0.0133. The molecule has 0 amide bonds. The fourth-order valence-corrected chi connectivity index (χ4v) is 1.17. The van der Waals surface area contributed by atoms with Crippen molar-refractivity contribution in [1.29, 1.82) is 5.26 Å². The normalized spacial score (nSPS) is 10.1. The lowest BCUT2D eigenvalue weighted by atomic mass is 10.1. The first-order valence-electron chi connectivity index (χ1n) is 4.24. The molecular formula is C10H8F3NO. The monoisotopic (exact) mass is 215 g/mol. The Labute approximate surface area is 84.9 Å². The molecule has 0 aromatic heterocycles. The topological polar surface area (TPSA) is 33.0 Å². The number of halogens is 3. The number of rotatable bonds is 4.